The molecule has 18 heavy (non-hydrogen) atoms. The molecule has 0 amide bonds. The summed E-state index contributed by atoms with van der Waals surface area (Å²) >= 11 is 1.60. The smallest absolute Gasteiger partial charge is 0.317 e. The van der Waals surface area contributed by atoms with Crippen molar-refractivity contribution in [3.05, 3.63) is 16.1 Å². The minimum absolute atomic E-state index is 0.0333. The average Bonchev–Trinajstić information content (AvgIpc) is 2.69. The molecule has 0 radical (unpaired) electrons. The average molecular weight is 271 g/mol. The van der Waals surface area contributed by atoms with Crippen molar-refractivity contribution >= 4 is 17.3 Å². The summed E-state index contributed by atoms with van der Waals surface area (Å²) in [6.45, 7) is 5.57. The summed E-state index contributed by atoms with van der Waals surface area (Å²) in [5.74, 6) is -0.799. The lowest BCUT2D eigenvalue weighted by molar-refractivity contribution is -0.139. The zero-order valence-corrected chi connectivity index (χ0v) is 12.2. The van der Waals surface area contributed by atoms with Gasteiger partial charge >= 0.3 is 5.97 Å². The molecule has 5 nitrogen and oxygen atoms in total. The van der Waals surface area contributed by atoms with Crippen molar-refractivity contribution in [1.29, 1.82) is 0 Å². The van der Waals surface area contributed by atoms with Crippen LogP contribution in [0.25, 0.3) is 0 Å². The Kier molecular flexibility index (Phi) is 5.71. The fourth-order valence-electron chi connectivity index (χ4n) is 1.67. The van der Waals surface area contributed by atoms with E-state index in [1.807, 2.05) is 43.1 Å². The van der Waals surface area contributed by atoms with E-state index in [1.165, 1.54) is 0 Å². The Labute approximate surface area is 112 Å². The van der Waals surface area contributed by atoms with Gasteiger partial charge in [0.1, 0.15) is 0 Å². The maximum absolute atomic E-state index is 10.9. The quantitative estimate of drug-likeness (QED) is 0.813. The highest BCUT2D eigenvalue weighted by Gasteiger charge is 2.20. The van der Waals surface area contributed by atoms with Crippen LogP contribution in [0.4, 0.5) is 0 Å². The molecule has 1 heterocycles. The second kappa shape index (κ2) is 6.82. The summed E-state index contributed by atoms with van der Waals surface area (Å²) in [6, 6.07) is 0.0333. The summed E-state index contributed by atoms with van der Waals surface area (Å²) in [5, 5.41) is 12.0. The molecular weight excluding hydrogens is 250 g/mol. The monoisotopic (exact) mass is 271 g/mol. The van der Waals surface area contributed by atoms with Crippen molar-refractivity contribution < 1.29 is 9.90 Å². The van der Waals surface area contributed by atoms with Gasteiger partial charge in [-0.05, 0) is 27.9 Å². The van der Waals surface area contributed by atoms with E-state index in [4.69, 9.17) is 5.11 Å². The van der Waals surface area contributed by atoms with E-state index in [2.05, 4.69) is 4.98 Å². The van der Waals surface area contributed by atoms with Gasteiger partial charge in [-0.1, -0.05) is 0 Å². The van der Waals surface area contributed by atoms with Gasteiger partial charge < -0.3 is 10.0 Å². The van der Waals surface area contributed by atoms with E-state index in [9.17, 15) is 4.79 Å². The highest BCUT2D eigenvalue weighted by Crippen LogP contribution is 2.21. The Bertz CT molecular complexity index is 392. The van der Waals surface area contributed by atoms with Crippen molar-refractivity contribution in [2.75, 3.05) is 33.7 Å². The molecule has 1 N–H and O–H groups in total. The molecule has 0 aromatic carbocycles. The molecule has 1 aromatic heterocycles. The molecule has 6 heteroatoms. The SMILES string of the molecule is Cc1nc(C(C)N(CCN(C)C)CC(=O)O)cs1. The summed E-state index contributed by atoms with van der Waals surface area (Å²) in [4.78, 5) is 19.3. The summed E-state index contributed by atoms with van der Waals surface area (Å²) in [6.07, 6.45) is 0. The Morgan fingerprint density at radius 3 is 2.61 bits per heavy atom. The number of nitrogens with zero attached hydrogens (tertiary/aromatic N) is 3. The van der Waals surface area contributed by atoms with Crippen LogP contribution in [-0.2, 0) is 4.79 Å². The normalized spacial score (nSPS) is 13.2. The van der Waals surface area contributed by atoms with Gasteiger partial charge in [-0.2, -0.15) is 0 Å². The van der Waals surface area contributed by atoms with Crippen molar-refractivity contribution in [2.24, 2.45) is 0 Å². The first-order valence-electron chi connectivity index (χ1n) is 5.92. The van der Waals surface area contributed by atoms with E-state index in [0.717, 1.165) is 23.8 Å². The fraction of sp³-hybridized carbons (Fsp3) is 0.667. The zero-order valence-electron chi connectivity index (χ0n) is 11.4. The number of carboxylic acids is 1. The lowest BCUT2D eigenvalue weighted by Gasteiger charge is -2.27. The first kappa shape index (κ1) is 15.1. The Balaban J connectivity index is 2.71. The lowest BCUT2D eigenvalue weighted by Crippen LogP contribution is -2.37. The molecule has 0 aliphatic heterocycles. The Morgan fingerprint density at radius 2 is 2.17 bits per heavy atom. The van der Waals surface area contributed by atoms with Crippen LogP contribution in [0.15, 0.2) is 5.38 Å². The highest BCUT2D eigenvalue weighted by molar-refractivity contribution is 7.09. The predicted octanol–water partition coefficient (Wildman–Crippen LogP) is 1.46. The molecule has 1 atom stereocenters. The van der Waals surface area contributed by atoms with Gasteiger partial charge in [0.2, 0.25) is 0 Å². The molecule has 0 aliphatic rings. The van der Waals surface area contributed by atoms with Gasteiger partial charge in [0.05, 0.1) is 23.3 Å². The predicted molar refractivity (Wildman–Crippen MR) is 73.0 cm³/mol. The summed E-state index contributed by atoms with van der Waals surface area (Å²) < 4.78 is 0. The van der Waals surface area contributed by atoms with Gasteiger partial charge in [-0.15, -0.1) is 11.3 Å². The van der Waals surface area contributed by atoms with Crippen molar-refractivity contribution in [3.63, 3.8) is 0 Å². The van der Waals surface area contributed by atoms with Gasteiger partial charge in [0.15, 0.2) is 0 Å². The number of carboxylic acid groups (broad SMARTS) is 1. The molecule has 1 rings (SSSR count). The lowest BCUT2D eigenvalue weighted by atomic mass is 10.2. The van der Waals surface area contributed by atoms with E-state index in [1.54, 1.807) is 11.3 Å². The van der Waals surface area contributed by atoms with Gasteiger partial charge in [0.25, 0.3) is 0 Å². The van der Waals surface area contributed by atoms with Crippen LogP contribution in [0.1, 0.15) is 23.7 Å². The fourth-order valence-corrected chi connectivity index (χ4v) is 2.37. The molecule has 0 saturated carbocycles. The minimum atomic E-state index is -0.799. The van der Waals surface area contributed by atoms with Crippen LogP contribution in [-0.4, -0.2) is 59.6 Å². The molecule has 0 bridgehead atoms. The van der Waals surface area contributed by atoms with Crippen LogP contribution in [0.5, 0.6) is 0 Å². The van der Waals surface area contributed by atoms with Crippen LogP contribution < -0.4 is 0 Å². The highest BCUT2D eigenvalue weighted by atomic mass is 32.1. The Morgan fingerprint density at radius 1 is 1.50 bits per heavy atom. The number of aliphatic carboxylic acids is 1. The number of carbonyl (C=O) groups is 1. The molecule has 0 fully saturated rings. The number of aromatic nitrogens is 1. The molecular formula is C12H21N3O2S. The third kappa shape index (κ3) is 4.72. The second-order valence-electron chi connectivity index (χ2n) is 4.63. The van der Waals surface area contributed by atoms with Gasteiger partial charge in [-0.25, -0.2) is 4.98 Å². The third-order valence-electron chi connectivity index (χ3n) is 2.79. The molecule has 1 unspecified atom stereocenters. The van der Waals surface area contributed by atoms with Crippen LogP contribution >= 0.6 is 11.3 Å². The summed E-state index contributed by atoms with van der Waals surface area (Å²) in [5.41, 5.74) is 0.956. The van der Waals surface area contributed by atoms with Crippen LogP contribution in [0.2, 0.25) is 0 Å². The molecule has 0 saturated heterocycles. The van der Waals surface area contributed by atoms with E-state index in [-0.39, 0.29) is 12.6 Å². The van der Waals surface area contributed by atoms with Crippen molar-refractivity contribution in [3.8, 4) is 0 Å². The first-order valence-corrected chi connectivity index (χ1v) is 6.80. The van der Waals surface area contributed by atoms with Crippen LogP contribution in [0.3, 0.4) is 0 Å². The van der Waals surface area contributed by atoms with Crippen LogP contribution in [0, 0.1) is 6.92 Å². The summed E-state index contributed by atoms with van der Waals surface area (Å²) in [7, 11) is 3.97. The maximum Gasteiger partial charge on any atom is 0.317 e. The van der Waals surface area contributed by atoms with E-state index < -0.39 is 5.97 Å². The third-order valence-corrected chi connectivity index (χ3v) is 3.58. The molecule has 0 aliphatic carbocycles. The second-order valence-corrected chi connectivity index (χ2v) is 5.70. The number of aryl methyl sites for hydroxylation is 1. The zero-order chi connectivity index (χ0) is 13.7. The number of hydrogen-bond acceptors (Lipinski definition) is 5. The van der Waals surface area contributed by atoms with E-state index >= 15 is 0 Å². The molecule has 102 valence electrons. The minimum Gasteiger partial charge on any atom is -0.480 e. The number of rotatable bonds is 7. The molecule has 1 aromatic rings. The Hall–Kier alpha value is -0.980. The number of hydrogen-bond donors (Lipinski definition) is 1. The number of thiazole rings is 1. The van der Waals surface area contributed by atoms with Crippen molar-refractivity contribution in [2.45, 2.75) is 19.9 Å². The first-order chi connectivity index (χ1) is 8.40. The topological polar surface area (TPSA) is 56.7 Å². The largest absolute Gasteiger partial charge is 0.480 e. The van der Waals surface area contributed by atoms with Gasteiger partial charge in [0, 0.05) is 18.5 Å². The molecule has 0 spiro atoms. The van der Waals surface area contributed by atoms with Gasteiger partial charge in [-0.3, -0.25) is 9.69 Å². The standard InChI is InChI=1S/C12H21N3O2S/c1-9(11-8-18-10(2)13-11)15(7-12(16)17)6-5-14(3)4/h8-9H,5-7H2,1-4H3,(H,16,17). The van der Waals surface area contributed by atoms with Crippen molar-refractivity contribution in [1.82, 2.24) is 14.8 Å². The number of likely N-dealkylation sites (N-methyl/N-ethyl adjacent to an activating group) is 1. The van der Waals surface area contributed by atoms with E-state index in [0.29, 0.717) is 0 Å². The maximum atomic E-state index is 10.9.